The van der Waals surface area contributed by atoms with Gasteiger partial charge in [0.05, 0.1) is 5.02 Å². The number of halogens is 1. The smallest absolute Gasteiger partial charge is 0.222 e. The van der Waals surface area contributed by atoms with Crippen LogP contribution in [0.2, 0.25) is 5.02 Å². The van der Waals surface area contributed by atoms with Crippen LogP contribution in [0.5, 0.6) is 0 Å². The van der Waals surface area contributed by atoms with Gasteiger partial charge in [-0.25, -0.2) is 0 Å². The van der Waals surface area contributed by atoms with Gasteiger partial charge in [-0.2, -0.15) is 0 Å². The van der Waals surface area contributed by atoms with Gasteiger partial charge in [-0.3, -0.25) is 4.79 Å². The number of carbonyl (C=O) groups is 1. The van der Waals surface area contributed by atoms with Gasteiger partial charge in [0.2, 0.25) is 5.91 Å². The van der Waals surface area contributed by atoms with Crippen LogP contribution < -0.4 is 10.6 Å². The van der Waals surface area contributed by atoms with Crippen LogP contribution in [0.25, 0.3) is 11.3 Å². The molecule has 5 nitrogen and oxygen atoms in total. The van der Waals surface area contributed by atoms with E-state index in [0.717, 1.165) is 0 Å². The number of amides is 1. The highest BCUT2D eigenvalue weighted by atomic mass is 35.5. The Morgan fingerprint density at radius 2 is 2.14 bits per heavy atom. The van der Waals surface area contributed by atoms with E-state index in [1.807, 2.05) is 0 Å². The van der Waals surface area contributed by atoms with Crippen LogP contribution in [0.4, 0.5) is 5.69 Å². The summed E-state index contributed by atoms with van der Waals surface area (Å²) in [6, 6.07) is 8.57. The van der Waals surface area contributed by atoms with E-state index in [4.69, 9.17) is 33.3 Å². The molecule has 0 saturated carbocycles. The molecule has 1 heterocycles. The second kappa shape index (κ2) is 6.71. The fourth-order valence-corrected chi connectivity index (χ4v) is 2.19. The maximum absolute atomic E-state index is 10.9. The third kappa shape index (κ3) is 4.04. The predicted molar refractivity (Wildman–Crippen MR) is 85.1 cm³/mol. The molecule has 7 heteroatoms. The Balaban J connectivity index is 2.24. The van der Waals surface area contributed by atoms with E-state index in [2.05, 4.69) is 10.6 Å². The normalized spacial score (nSPS) is 10.2. The first-order chi connectivity index (χ1) is 9.99. The second-order valence-corrected chi connectivity index (χ2v) is 5.07. The molecule has 110 valence electrons. The molecule has 0 aliphatic carbocycles. The lowest BCUT2D eigenvalue weighted by Crippen LogP contribution is -2.32. The zero-order valence-corrected chi connectivity index (χ0v) is 12.7. The lowest BCUT2D eigenvalue weighted by Gasteiger charge is -2.10. The van der Waals surface area contributed by atoms with Crippen molar-refractivity contribution in [3.63, 3.8) is 0 Å². The monoisotopic (exact) mass is 324 g/mol. The first-order valence-electron chi connectivity index (χ1n) is 6.07. The molecule has 0 atom stereocenters. The zero-order valence-electron chi connectivity index (χ0n) is 11.1. The van der Waals surface area contributed by atoms with E-state index in [1.165, 1.54) is 6.92 Å². The Labute approximate surface area is 131 Å². The van der Waals surface area contributed by atoms with E-state index in [-0.39, 0.29) is 17.6 Å². The molecule has 0 bridgehead atoms. The van der Waals surface area contributed by atoms with Gasteiger partial charge < -0.3 is 20.2 Å². The van der Waals surface area contributed by atoms with E-state index in [9.17, 15) is 4.79 Å². The Hall–Kier alpha value is -1.89. The molecule has 0 saturated heterocycles. The number of carbonyl (C=O) groups excluding carboxylic acids is 1. The summed E-state index contributed by atoms with van der Waals surface area (Å²) in [4.78, 5) is 10.9. The van der Waals surface area contributed by atoms with Crippen molar-refractivity contribution in [1.29, 1.82) is 0 Å². The van der Waals surface area contributed by atoms with Crippen molar-refractivity contribution < 1.29 is 14.3 Å². The maximum Gasteiger partial charge on any atom is 0.222 e. The largest absolute Gasteiger partial charge is 0.459 e. The van der Waals surface area contributed by atoms with Crippen molar-refractivity contribution in [3.8, 4) is 11.3 Å². The number of furan rings is 1. The molecule has 2 aromatic rings. The van der Waals surface area contributed by atoms with Gasteiger partial charge >= 0.3 is 0 Å². The van der Waals surface area contributed by atoms with Gasteiger partial charge in [0.15, 0.2) is 5.11 Å². The minimum Gasteiger partial charge on any atom is -0.459 e. The van der Waals surface area contributed by atoms with Gasteiger partial charge in [0, 0.05) is 18.2 Å². The van der Waals surface area contributed by atoms with Crippen molar-refractivity contribution in [3.05, 3.63) is 41.1 Å². The topological polar surface area (TPSA) is 74.5 Å². The van der Waals surface area contributed by atoms with E-state index >= 15 is 0 Å². The number of aliphatic hydroxyl groups is 1. The lowest BCUT2D eigenvalue weighted by molar-refractivity contribution is -0.117. The van der Waals surface area contributed by atoms with Crippen LogP contribution in [0, 0.1) is 0 Å². The summed E-state index contributed by atoms with van der Waals surface area (Å²) in [5.41, 5.74) is 1.32. The first kappa shape index (κ1) is 15.5. The Morgan fingerprint density at radius 3 is 2.76 bits per heavy atom. The molecular weight excluding hydrogens is 312 g/mol. The Kier molecular flexibility index (Phi) is 4.95. The summed E-state index contributed by atoms with van der Waals surface area (Å²) in [6.07, 6.45) is 0. The molecule has 2 rings (SSSR count). The molecule has 0 aliphatic rings. The molecular formula is C14H13ClN2O3S. The molecule has 0 fully saturated rings. The number of nitrogens with one attached hydrogen (secondary N) is 2. The minimum absolute atomic E-state index is 0.178. The number of aliphatic hydroxyl groups excluding tert-OH is 1. The van der Waals surface area contributed by atoms with Gasteiger partial charge in [-0.05, 0) is 42.5 Å². The molecule has 0 radical (unpaired) electrons. The first-order valence-corrected chi connectivity index (χ1v) is 6.86. The van der Waals surface area contributed by atoms with Gasteiger partial charge in [0.1, 0.15) is 18.1 Å². The number of thiocarbonyl (C=S) groups is 1. The Bertz CT molecular complexity index is 685. The standard InChI is InChI=1S/C14H13ClN2O3S/c1-8(19)16-14(21)17-9-2-4-12(15)11(6-9)13-5-3-10(7-18)20-13/h2-6,18H,7H2,1H3,(H2,16,17,19,21). The SMILES string of the molecule is CC(=O)NC(=S)Nc1ccc(Cl)c(-c2ccc(CO)o2)c1. The lowest BCUT2D eigenvalue weighted by atomic mass is 10.1. The third-order valence-corrected chi connectivity index (χ3v) is 3.13. The zero-order chi connectivity index (χ0) is 15.4. The van der Waals surface area contributed by atoms with Crippen LogP contribution >= 0.6 is 23.8 Å². The Morgan fingerprint density at radius 1 is 1.38 bits per heavy atom. The third-order valence-electron chi connectivity index (χ3n) is 2.60. The fourth-order valence-electron chi connectivity index (χ4n) is 1.72. The van der Waals surface area contributed by atoms with Crippen LogP contribution in [-0.4, -0.2) is 16.1 Å². The quantitative estimate of drug-likeness (QED) is 0.757. The summed E-state index contributed by atoms with van der Waals surface area (Å²) in [6.45, 7) is 1.20. The number of anilines is 1. The molecule has 3 N–H and O–H groups in total. The van der Waals surface area contributed by atoms with Crippen LogP contribution in [0.1, 0.15) is 12.7 Å². The highest BCUT2D eigenvalue weighted by Gasteiger charge is 2.10. The van der Waals surface area contributed by atoms with Crippen LogP contribution in [0.3, 0.4) is 0 Å². The minimum atomic E-state index is -0.250. The number of hydrogen-bond acceptors (Lipinski definition) is 4. The summed E-state index contributed by atoms with van der Waals surface area (Å²) >= 11 is 11.1. The highest BCUT2D eigenvalue weighted by Crippen LogP contribution is 2.31. The van der Waals surface area contributed by atoms with Crippen molar-refractivity contribution >= 4 is 40.5 Å². The molecule has 1 amide bonds. The van der Waals surface area contributed by atoms with Crippen LogP contribution in [-0.2, 0) is 11.4 Å². The number of benzene rings is 1. The number of rotatable bonds is 3. The van der Waals surface area contributed by atoms with Crippen molar-refractivity contribution in [2.24, 2.45) is 0 Å². The van der Waals surface area contributed by atoms with Gasteiger partial charge in [0.25, 0.3) is 0 Å². The van der Waals surface area contributed by atoms with Crippen molar-refractivity contribution in [2.45, 2.75) is 13.5 Å². The highest BCUT2D eigenvalue weighted by molar-refractivity contribution is 7.80. The molecule has 1 aromatic carbocycles. The molecule has 0 unspecified atom stereocenters. The van der Waals surface area contributed by atoms with Gasteiger partial charge in [-0.1, -0.05) is 11.6 Å². The van der Waals surface area contributed by atoms with E-state index < -0.39 is 0 Å². The summed E-state index contributed by atoms with van der Waals surface area (Å²) < 4.78 is 5.46. The average Bonchev–Trinajstić information content (AvgIpc) is 2.88. The number of hydrogen-bond donors (Lipinski definition) is 3. The summed E-state index contributed by atoms with van der Waals surface area (Å²) in [5, 5.41) is 15.1. The van der Waals surface area contributed by atoms with E-state index in [0.29, 0.717) is 27.8 Å². The average molecular weight is 325 g/mol. The predicted octanol–water partition coefficient (Wildman–Crippen LogP) is 2.93. The van der Waals surface area contributed by atoms with Crippen molar-refractivity contribution in [2.75, 3.05) is 5.32 Å². The second-order valence-electron chi connectivity index (χ2n) is 4.25. The molecule has 0 spiro atoms. The van der Waals surface area contributed by atoms with E-state index in [1.54, 1.807) is 30.3 Å². The van der Waals surface area contributed by atoms with Gasteiger partial charge in [-0.15, -0.1) is 0 Å². The molecule has 21 heavy (non-hydrogen) atoms. The van der Waals surface area contributed by atoms with Crippen molar-refractivity contribution in [1.82, 2.24) is 5.32 Å². The van der Waals surface area contributed by atoms with Crippen LogP contribution in [0.15, 0.2) is 34.7 Å². The molecule has 1 aromatic heterocycles. The summed E-state index contributed by atoms with van der Waals surface area (Å²) in [5.74, 6) is 0.742. The summed E-state index contributed by atoms with van der Waals surface area (Å²) in [7, 11) is 0. The molecule has 0 aliphatic heterocycles. The maximum atomic E-state index is 10.9. The fraction of sp³-hybridized carbons (Fsp3) is 0.143.